The van der Waals surface area contributed by atoms with Crippen LogP contribution in [0.3, 0.4) is 0 Å². The normalized spacial score (nSPS) is 10.5. The lowest BCUT2D eigenvalue weighted by atomic mass is 10.1. The molecule has 0 unspecified atom stereocenters. The summed E-state index contributed by atoms with van der Waals surface area (Å²) in [6.45, 7) is 1.24. The molecule has 2 heterocycles. The minimum atomic E-state index is -0.170. The van der Waals surface area contributed by atoms with Crippen molar-refractivity contribution in [3.05, 3.63) is 83.2 Å². The van der Waals surface area contributed by atoms with E-state index in [1.807, 2.05) is 35.0 Å². The molecule has 1 amide bonds. The van der Waals surface area contributed by atoms with Gasteiger partial charge in [-0.1, -0.05) is 35.9 Å². The topological polar surface area (TPSA) is 59.8 Å². The van der Waals surface area contributed by atoms with Gasteiger partial charge in [-0.2, -0.15) is 0 Å². The zero-order valence-electron chi connectivity index (χ0n) is 12.3. The number of hydrogen-bond acceptors (Lipinski definition) is 3. The van der Waals surface area contributed by atoms with Crippen molar-refractivity contribution in [2.45, 2.75) is 13.1 Å². The average molecular weight is 327 g/mol. The number of benzene rings is 1. The van der Waals surface area contributed by atoms with Crippen LogP contribution in [0.4, 0.5) is 0 Å². The van der Waals surface area contributed by atoms with Gasteiger partial charge in [-0.15, -0.1) is 0 Å². The minimum Gasteiger partial charge on any atom is -0.348 e. The Kier molecular flexibility index (Phi) is 4.68. The van der Waals surface area contributed by atoms with E-state index in [0.717, 1.165) is 12.1 Å². The van der Waals surface area contributed by atoms with Crippen LogP contribution in [0.25, 0.3) is 0 Å². The first-order chi connectivity index (χ1) is 11.2. The molecule has 0 aliphatic heterocycles. The van der Waals surface area contributed by atoms with E-state index in [2.05, 4.69) is 15.3 Å². The Morgan fingerprint density at radius 3 is 2.61 bits per heavy atom. The number of aromatic nitrogens is 3. The summed E-state index contributed by atoms with van der Waals surface area (Å²) in [6.07, 6.45) is 6.99. The highest BCUT2D eigenvalue weighted by molar-refractivity contribution is 6.29. The maximum atomic E-state index is 12.0. The largest absolute Gasteiger partial charge is 0.348 e. The number of carbonyl (C=O) groups excluding carboxylic acids is 1. The molecule has 0 aliphatic carbocycles. The molecule has 23 heavy (non-hydrogen) atoms. The van der Waals surface area contributed by atoms with Crippen molar-refractivity contribution in [1.29, 1.82) is 0 Å². The van der Waals surface area contributed by atoms with Gasteiger partial charge in [0.2, 0.25) is 0 Å². The fraction of sp³-hybridized carbons (Fsp3) is 0.118. The van der Waals surface area contributed by atoms with E-state index < -0.39 is 0 Å². The first-order valence-electron chi connectivity index (χ1n) is 7.14. The molecule has 3 rings (SSSR count). The molecule has 0 bridgehead atoms. The van der Waals surface area contributed by atoms with Crippen LogP contribution in [-0.4, -0.2) is 20.4 Å². The molecule has 5 nitrogen and oxygen atoms in total. The number of halogens is 1. The molecule has 2 aromatic heterocycles. The SMILES string of the molecule is O=C(NCc1ccc(Cn2ccnc2)cc1)c1ccnc(Cl)c1. The van der Waals surface area contributed by atoms with Crippen LogP contribution < -0.4 is 5.32 Å². The summed E-state index contributed by atoms with van der Waals surface area (Å²) in [5, 5.41) is 3.17. The second-order valence-corrected chi connectivity index (χ2v) is 5.49. The number of nitrogens with one attached hydrogen (secondary N) is 1. The van der Waals surface area contributed by atoms with Crippen LogP contribution >= 0.6 is 11.6 Å². The van der Waals surface area contributed by atoms with Gasteiger partial charge in [0.25, 0.3) is 5.91 Å². The van der Waals surface area contributed by atoms with Crippen molar-refractivity contribution in [1.82, 2.24) is 19.9 Å². The molecule has 6 heteroatoms. The summed E-state index contributed by atoms with van der Waals surface area (Å²) in [5.41, 5.74) is 2.72. The second-order valence-electron chi connectivity index (χ2n) is 5.10. The van der Waals surface area contributed by atoms with Gasteiger partial charge < -0.3 is 9.88 Å². The van der Waals surface area contributed by atoms with Crippen molar-refractivity contribution in [2.75, 3.05) is 0 Å². The van der Waals surface area contributed by atoms with Crippen LogP contribution in [-0.2, 0) is 13.1 Å². The van der Waals surface area contributed by atoms with Crippen LogP contribution in [0.15, 0.2) is 61.3 Å². The number of hydrogen-bond donors (Lipinski definition) is 1. The fourth-order valence-corrected chi connectivity index (χ4v) is 2.36. The minimum absolute atomic E-state index is 0.170. The van der Waals surface area contributed by atoms with Gasteiger partial charge in [0.05, 0.1) is 6.33 Å². The predicted molar refractivity (Wildman–Crippen MR) is 88.2 cm³/mol. The van der Waals surface area contributed by atoms with E-state index in [-0.39, 0.29) is 5.91 Å². The quantitative estimate of drug-likeness (QED) is 0.733. The molecule has 0 saturated heterocycles. The molecule has 1 N–H and O–H groups in total. The summed E-state index contributed by atoms with van der Waals surface area (Å²) in [6, 6.07) is 11.3. The summed E-state index contributed by atoms with van der Waals surface area (Å²) >= 11 is 5.78. The highest BCUT2D eigenvalue weighted by Crippen LogP contribution is 2.09. The molecular formula is C17H15ClN4O. The van der Waals surface area contributed by atoms with Crippen LogP contribution in [0.1, 0.15) is 21.5 Å². The van der Waals surface area contributed by atoms with Crippen LogP contribution in [0, 0.1) is 0 Å². The Labute approximate surface area is 139 Å². The second kappa shape index (κ2) is 7.07. The lowest BCUT2D eigenvalue weighted by Crippen LogP contribution is -2.22. The van der Waals surface area contributed by atoms with E-state index in [0.29, 0.717) is 17.3 Å². The van der Waals surface area contributed by atoms with Gasteiger partial charge in [-0.25, -0.2) is 9.97 Å². The average Bonchev–Trinajstić information content (AvgIpc) is 3.07. The highest BCUT2D eigenvalue weighted by atomic mass is 35.5. The molecule has 3 aromatic rings. The first-order valence-corrected chi connectivity index (χ1v) is 7.52. The van der Waals surface area contributed by atoms with Gasteiger partial charge in [0.1, 0.15) is 5.15 Å². The van der Waals surface area contributed by atoms with Crippen molar-refractivity contribution >= 4 is 17.5 Å². The molecule has 0 aliphatic rings. The molecule has 116 valence electrons. The maximum absolute atomic E-state index is 12.0. The Bertz CT molecular complexity index is 785. The van der Waals surface area contributed by atoms with Gasteiger partial charge in [0, 0.05) is 37.2 Å². The van der Waals surface area contributed by atoms with Gasteiger partial charge >= 0.3 is 0 Å². The van der Waals surface area contributed by atoms with Gasteiger partial charge in [0.15, 0.2) is 0 Å². The Balaban J connectivity index is 1.57. The third kappa shape index (κ3) is 4.17. The number of amides is 1. The first kappa shape index (κ1) is 15.2. The molecule has 0 saturated carbocycles. The highest BCUT2D eigenvalue weighted by Gasteiger charge is 2.06. The summed E-state index contributed by atoms with van der Waals surface area (Å²) in [7, 11) is 0. The third-order valence-electron chi connectivity index (χ3n) is 3.39. The standard InChI is InChI=1S/C17H15ClN4O/c18-16-9-15(5-6-20-16)17(23)21-10-13-1-3-14(4-2-13)11-22-8-7-19-12-22/h1-9,12H,10-11H2,(H,21,23). The summed E-state index contributed by atoms with van der Waals surface area (Å²) in [5.74, 6) is -0.170. The number of carbonyl (C=O) groups is 1. The van der Waals surface area contributed by atoms with E-state index in [4.69, 9.17) is 11.6 Å². The summed E-state index contributed by atoms with van der Waals surface area (Å²) < 4.78 is 2.00. The van der Waals surface area contributed by atoms with Gasteiger partial charge in [-0.3, -0.25) is 4.79 Å². The van der Waals surface area contributed by atoms with Crippen LogP contribution in [0.2, 0.25) is 5.15 Å². The lowest BCUT2D eigenvalue weighted by molar-refractivity contribution is 0.0951. The third-order valence-corrected chi connectivity index (χ3v) is 3.60. The lowest BCUT2D eigenvalue weighted by Gasteiger charge is -2.07. The zero-order valence-corrected chi connectivity index (χ0v) is 13.1. The molecule has 0 fully saturated rings. The number of pyridine rings is 1. The predicted octanol–water partition coefficient (Wildman–Crippen LogP) is 2.91. The molecule has 0 atom stereocenters. The Hall–Kier alpha value is -2.66. The van der Waals surface area contributed by atoms with Crippen molar-refractivity contribution in [3.8, 4) is 0 Å². The van der Waals surface area contributed by atoms with E-state index in [1.165, 1.54) is 11.8 Å². The number of nitrogens with zero attached hydrogens (tertiary/aromatic N) is 3. The Morgan fingerprint density at radius 2 is 1.91 bits per heavy atom. The summed E-state index contributed by atoms with van der Waals surface area (Å²) in [4.78, 5) is 19.9. The van der Waals surface area contributed by atoms with E-state index in [1.54, 1.807) is 24.7 Å². The van der Waals surface area contributed by atoms with Crippen molar-refractivity contribution in [3.63, 3.8) is 0 Å². The van der Waals surface area contributed by atoms with Crippen molar-refractivity contribution < 1.29 is 4.79 Å². The monoisotopic (exact) mass is 326 g/mol. The van der Waals surface area contributed by atoms with E-state index >= 15 is 0 Å². The van der Waals surface area contributed by atoms with E-state index in [9.17, 15) is 4.79 Å². The zero-order chi connectivity index (χ0) is 16.1. The molecule has 1 aromatic carbocycles. The number of imidazole rings is 1. The fourth-order valence-electron chi connectivity index (χ4n) is 2.18. The van der Waals surface area contributed by atoms with Crippen LogP contribution in [0.5, 0.6) is 0 Å². The number of rotatable bonds is 5. The Morgan fingerprint density at radius 1 is 1.13 bits per heavy atom. The molecule has 0 spiro atoms. The van der Waals surface area contributed by atoms with Crippen molar-refractivity contribution in [2.24, 2.45) is 0 Å². The molecule has 0 radical (unpaired) electrons. The molecular weight excluding hydrogens is 312 g/mol. The smallest absolute Gasteiger partial charge is 0.251 e. The maximum Gasteiger partial charge on any atom is 0.251 e. The van der Waals surface area contributed by atoms with Gasteiger partial charge in [-0.05, 0) is 23.3 Å².